The van der Waals surface area contributed by atoms with Crippen LogP contribution in [0.3, 0.4) is 0 Å². The van der Waals surface area contributed by atoms with Crippen molar-refractivity contribution in [3.63, 3.8) is 0 Å². The van der Waals surface area contributed by atoms with Gasteiger partial charge < -0.3 is 10.1 Å². The van der Waals surface area contributed by atoms with E-state index in [0.717, 1.165) is 35.7 Å². The number of nitrogens with one attached hydrogen (secondary N) is 1. The fourth-order valence-corrected chi connectivity index (χ4v) is 1.69. The molecular formula is C15H18N2O. The first-order valence-corrected chi connectivity index (χ1v) is 6.20. The van der Waals surface area contributed by atoms with Crippen molar-refractivity contribution in [3.8, 4) is 17.0 Å². The summed E-state index contributed by atoms with van der Waals surface area (Å²) in [6, 6.07) is 12.0. The van der Waals surface area contributed by atoms with Crippen molar-refractivity contribution in [2.24, 2.45) is 0 Å². The van der Waals surface area contributed by atoms with Gasteiger partial charge in [-0.15, -0.1) is 0 Å². The van der Waals surface area contributed by atoms with Gasteiger partial charge in [0.05, 0.1) is 12.3 Å². The lowest BCUT2D eigenvalue weighted by molar-refractivity contribution is 0.317. The van der Waals surface area contributed by atoms with E-state index in [4.69, 9.17) is 4.74 Å². The highest BCUT2D eigenvalue weighted by Crippen LogP contribution is 2.22. The van der Waals surface area contributed by atoms with Crippen molar-refractivity contribution in [3.05, 3.63) is 42.6 Å². The molecule has 1 aromatic carbocycles. The van der Waals surface area contributed by atoms with Crippen molar-refractivity contribution in [2.75, 3.05) is 19.0 Å². The van der Waals surface area contributed by atoms with E-state index in [1.807, 2.05) is 49.6 Å². The van der Waals surface area contributed by atoms with Crippen LogP contribution in [0, 0.1) is 0 Å². The summed E-state index contributed by atoms with van der Waals surface area (Å²) < 4.78 is 5.56. The summed E-state index contributed by atoms with van der Waals surface area (Å²) in [6.45, 7) is 2.86. The third-order valence-corrected chi connectivity index (χ3v) is 2.67. The molecule has 1 heterocycles. The minimum Gasteiger partial charge on any atom is -0.494 e. The molecule has 1 N–H and O–H groups in total. The number of rotatable bonds is 5. The summed E-state index contributed by atoms with van der Waals surface area (Å²) in [4.78, 5) is 4.37. The largest absolute Gasteiger partial charge is 0.494 e. The molecule has 0 radical (unpaired) electrons. The molecule has 3 nitrogen and oxygen atoms in total. The van der Waals surface area contributed by atoms with E-state index >= 15 is 0 Å². The summed E-state index contributed by atoms with van der Waals surface area (Å²) >= 11 is 0. The lowest BCUT2D eigenvalue weighted by Crippen LogP contribution is -1.94. The highest BCUT2D eigenvalue weighted by atomic mass is 16.5. The molecule has 0 fully saturated rings. The maximum Gasteiger partial charge on any atom is 0.119 e. The zero-order valence-electron chi connectivity index (χ0n) is 10.8. The molecule has 2 rings (SSSR count). The van der Waals surface area contributed by atoms with Gasteiger partial charge in [-0.05, 0) is 42.8 Å². The topological polar surface area (TPSA) is 34.1 Å². The minimum atomic E-state index is 0.757. The smallest absolute Gasteiger partial charge is 0.119 e. The van der Waals surface area contributed by atoms with Crippen molar-refractivity contribution < 1.29 is 4.74 Å². The summed E-state index contributed by atoms with van der Waals surface area (Å²) in [5, 5.41) is 3.11. The number of aromatic nitrogens is 1. The van der Waals surface area contributed by atoms with Gasteiger partial charge in [0.25, 0.3) is 0 Å². The van der Waals surface area contributed by atoms with Crippen LogP contribution in [-0.2, 0) is 0 Å². The van der Waals surface area contributed by atoms with Crippen LogP contribution in [-0.4, -0.2) is 18.6 Å². The second-order valence-electron chi connectivity index (χ2n) is 4.05. The first-order chi connectivity index (χ1) is 8.83. The molecule has 0 bridgehead atoms. The van der Waals surface area contributed by atoms with Gasteiger partial charge in [0.1, 0.15) is 5.75 Å². The van der Waals surface area contributed by atoms with Crippen molar-refractivity contribution >= 4 is 5.69 Å². The molecule has 2 aromatic rings. The molecular weight excluding hydrogens is 224 g/mol. The normalized spacial score (nSPS) is 10.1. The number of ether oxygens (including phenoxy) is 1. The first-order valence-electron chi connectivity index (χ1n) is 6.20. The van der Waals surface area contributed by atoms with Crippen molar-refractivity contribution in [1.82, 2.24) is 4.98 Å². The number of pyridine rings is 1. The van der Waals surface area contributed by atoms with Gasteiger partial charge >= 0.3 is 0 Å². The average molecular weight is 242 g/mol. The van der Waals surface area contributed by atoms with Gasteiger partial charge in [0.2, 0.25) is 0 Å². The molecule has 0 amide bonds. The molecule has 18 heavy (non-hydrogen) atoms. The zero-order chi connectivity index (χ0) is 12.8. The fourth-order valence-electron chi connectivity index (χ4n) is 1.69. The molecule has 3 heteroatoms. The van der Waals surface area contributed by atoms with Crippen LogP contribution in [0.5, 0.6) is 5.75 Å². The van der Waals surface area contributed by atoms with Crippen LogP contribution in [0.4, 0.5) is 5.69 Å². The predicted octanol–water partition coefficient (Wildman–Crippen LogP) is 3.58. The highest BCUT2D eigenvalue weighted by Gasteiger charge is 2.01. The lowest BCUT2D eigenvalue weighted by atomic mass is 10.1. The van der Waals surface area contributed by atoms with Gasteiger partial charge in [0, 0.05) is 24.5 Å². The Morgan fingerprint density at radius 1 is 1.17 bits per heavy atom. The highest BCUT2D eigenvalue weighted by molar-refractivity contribution is 5.64. The van der Waals surface area contributed by atoms with Gasteiger partial charge in [-0.1, -0.05) is 6.92 Å². The molecule has 0 saturated heterocycles. The average Bonchev–Trinajstić information content (AvgIpc) is 2.46. The van der Waals surface area contributed by atoms with E-state index in [9.17, 15) is 0 Å². The van der Waals surface area contributed by atoms with E-state index in [1.165, 1.54) is 0 Å². The van der Waals surface area contributed by atoms with E-state index in [1.54, 1.807) is 0 Å². The Labute approximate surface area is 108 Å². The molecule has 0 saturated carbocycles. The number of benzene rings is 1. The summed E-state index contributed by atoms with van der Waals surface area (Å²) in [5.41, 5.74) is 3.12. The summed E-state index contributed by atoms with van der Waals surface area (Å²) in [5.74, 6) is 0.908. The lowest BCUT2D eigenvalue weighted by Gasteiger charge is -2.07. The Bertz CT molecular complexity index is 494. The Kier molecular flexibility index (Phi) is 4.18. The third-order valence-electron chi connectivity index (χ3n) is 2.67. The Morgan fingerprint density at radius 2 is 1.94 bits per heavy atom. The SMILES string of the molecule is CCCOc1ccc(-c2cc(NC)ccn2)cc1. The van der Waals surface area contributed by atoms with Crippen LogP contribution in [0.1, 0.15) is 13.3 Å². The minimum absolute atomic E-state index is 0.757. The standard InChI is InChI=1S/C15H18N2O/c1-3-10-18-14-6-4-12(5-7-14)15-11-13(16-2)8-9-17-15/h4-9,11H,3,10H2,1-2H3,(H,16,17). The van der Waals surface area contributed by atoms with Gasteiger partial charge in [-0.25, -0.2) is 0 Å². The van der Waals surface area contributed by atoms with Crippen LogP contribution >= 0.6 is 0 Å². The Morgan fingerprint density at radius 3 is 2.61 bits per heavy atom. The quantitative estimate of drug-likeness (QED) is 0.870. The second-order valence-corrected chi connectivity index (χ2v) is 4.05. The third kappa shape index (κ3) is 3.00. The van der Waals surface area contributed by atoms with Crippen molar-refractivity contribution in [1.29, 1.82) is 0 Å². The molecule has 0 atom stereocenters. The molecule has 94 valence electrons. The number of nitrogens with zero attached hydrogens (tertiary/aromatic N) is 1. The predicted molar refractivity (Wildman–Crippen MR) is 75.0 cm³/mol. The monoisotopic (exact) mass is 242 g/mol. The number of anilines is 1. The molecule has 0 aliphatic carbocycles. The maximum absolute atomic E-state index is 5.56. The molecule has 0 unspecified atom stereocenters. The Balaban J connectivity index is 2.17. The molecule has 0 spiro atoms. The van der Waals surface area contributed by atoms with Gasteiger partial charge in [-0.3, -0.25) is 4.98 Å². The van der Waals surface area contributed by atoms with Crippen molar-refractivity contribution in [2.45, 2.75) is 13.3 Å². The number of hydrogen-bond acceptors (Lipinski definition) is 3. The summed E-state index contributed by atoms with van der Waals surface area (Å²) in [6.07, 6.45) is 2.83. The molecule has 1 aromatic heterocycles. The van der Waals surface area contributed by atoms with E-state index < -0.39 is 0 Å². The van der Waals surface area contributed by atoms with Crippen LogP contribution in [0.2, 0.25) is 0 Å². The van der Waals surface area contributed by atoms with E-state index in [2.05, 4.69) is 17.2 Å². The Hall–Kier alpha value is -2.03. The van der Waals surface area contributed by atoms with Crippen LogP contribution < -0.4 is 10.1 Å². The second kappa shape index (κ2) is 6.05. The van der Waals surface area contributed by atoms with E-state index in [-0.39, 0.29) is 0 Å². The first kappa shape index (κ1) is 12.4. The van der Waals surface area contributed by atoms with Gasteiger partial charge in [0.15, 0.2) is 0 Å². The summed E-state index contributed by atoms with van der Waals surface area (Å²) in [7, 11) is 1.90. The van der Waals surface area contributed by atoms with Crippen LogP contribution in [0.15, 0.2) is 42.6 Å². The maximum atomic E-state index is 5.56. The van der Waals surface area contributed by atoms with Gasteiger partial charge in [-0.2, -0.15) is 0 Å². The zero-order valence-corrected chi connectivity index (χ0v) is 10.8. The fraction of sp³-hybridized carbons (Fsp3) is 0.267. The number of hydrogen-bond donors (Lipinski definition) is 1. The molecule has 0 aliphatic heterocycles. The van der Waals surface area contributed by atoms with Crippen LogP contribution in [0.25, 0.3) is 11.3 Å². The van der Waals surface area contributed by atoms with E-state index in [0.29, 0.717) is 0 Å². The molecule has 0 aliphatic rings.